The first-order valence-corrected chi connectivity index (χ1v) is 6.98. The summed E-state index contributed by atoms with van der Waals surface area (Å²) in [4.78, 5) is 4.11. The van der Waals surface area contributed by atoms with E-state index in [4.69, 9.17) is 0 Å². The van der Waals surface area contributed by atoms with Crippen molar-refractivity contribution >= 4 is 0 Å². The van der Waals surface area contributed by atoms with Gasteiger partial charge in [-0.3, -0.25) is 4.98 Å². The predicted octanol–water partition coefficient (Wildman–Crippen LogP) is 2.20. The van der Waals surface area contributed by atoms with Crippen molar-refractivity contribution in [2.75, 3.05) is 6.54 Å². The van der Waals surface area contributed by atoms with Gasteiger partial charge < -0.3 is 5.32 Å². The second-order valence-electron chi connectivity index (χ2n) is 4.77. The summed E-state index contributed by atoms with van der Waals surface area (Å²) in [6.45, 7) is 1.58. The molecule has 21 heavy (non-hydrogen) atoms. The number of aromatic amines is 1. The van der Waals surface area contributed by atoms with E-state index in [1.807, 2.05) is 42.6 Å². The van der Waals surface area contributed by atoms with Crippen molar-refractivity contribution < 1.29 is 0 Å². The lowest BCUT2D eigenvalue weighted by Gasteiger charge is -2.04. The first kappa shape index (κ1) is 13.5. The van der Waals surface area contributed by atoms with Crippen LogP contribution in [0.1, 0.15) is 11.3 Å². The standard InChI is InChI=1S/C16H17N5/c1-2-6-14(7-3-1)16-15(19-21-20-16)12-18-10-8-13-5-4-9-17-11-13/h1-7,9,11,18H,8,10,12H2,(H,19,20,21). The lowest BCUT2D eigenvalue weighted by molar-refractivity contribution is 0.672. The maximum Gasteiger partial charge on any atom is 0.117 e. The maximum atomic E-state index is 4.24. The summed E-state index contributed by atoms with van der Waals surface area (Å²) in [6, 6.07) is 14.1. The zero-order valence-electron chi connectivity index (χ0n) is 11.7. The average Bonchev–Trinajstić information content (AvgIpc) is 3.02. The van der Waals surface area contributed by atoms with Crippen LogP contribution in [0.25, 0.3) is 11.3 Å². The summed E-state index contributed by atoms with van der Waals surface area (Å²) in [6.07, 6.45) is 4.64. The third-order valence-electron chi connectivity index (χ3n) is 3.27. The van der Waals surface area contributed by atoms with Crippen molar-refractivity contribution in [3.05, 3.63) is 66.1 Å². The Balaban J connectivity index is 1.56. The second kappa shape index (κ2) is 6.76. The Morgan fingerprint density at radius 2 is 1.90 bits per heavy atom. The van der Waals surface area contributed by atoms with Gasteiger partial charge in [-0.25, -0.2) is 0 Å². The molecule has 2 heterocycles. The number of hydrogen-bond donors (Lipinski definition) is 2. The fraction of sp³-hybridized carbons (Fsp3) is 0.188. The number of H-pyrrole nitrogens is 1. The minimum Gasteiger partial charge on any atom is -0.311 e. The van der Waals surface area contributed by atoms with E-state index >= 15 is 0 Å². The molecule has 0 spiro atoms. The van der Waals surface area contributed by atoms with Gasteiger partial charge in [-0.05, 0) is 24.6 Å². The normalized spacial score (nSPS) is 10.7. The highest BCUT2D eigenvalue weighted by atomic mass is 15.3. The Labute approximate surface area is 123 Å². The van der Waals surface area contributed by atoms with Gasteiger partial charge in [0.15, 0.2) is 0 Å². The molecule has 106 valence electrons. The molecule has 0 aliphatic heterocycles. The van der Waals surface area contributed by atoms with E-state index in [9.17, 15) is 0 Å². The minimum absolute atomic E-state index is 0.695. The molecule has 5 heteroatoms. The molecular weight excluding hydrogens is 262 g/mol. The third kappa shape index (κ3) is 3.52. The van der Waals surface area contributed by atoms with E-state index < -0.39 is 0 Å². The Hall–Kier alpha value is -2.53. The topological polar surface area (TPSA) is 66.5 Å². The molecule has 0 aliphatic carbocycles. The van der Waals surface area contributed by atoms with Crippen LogP contribution in [0.4, 0.5) is 0 Å². The van der Waals surface area contributed by atoms with Crippen molar-refractivity contribution in [2.45, 2.75) is 13.0 Å². The van der Waals surface area contributed by atoms with Gasteiger partial charge in [0.1, 0.15) is 11.4 Å². The summed E-state index contributed by atoms with van der Waals surface area (Å²) in [7, 11) is 0. The molecular formula is C16H17N5. The zero-order valence-corrected chi connectivity index (χ0v) is 11.7. The molecule has 0 unspecified atom stereocenters. The first-order valence-electron chi connectivity index (χ1n) is 6.98. The Morgan fingerprint density at radius 3 is 2.71 bits per heavy atom. The molecule has 0 fully saturated rings. The number of benzene rings is 1. The van der Waals surface area contributed by atoms with Crippen LogP contribution in [0, 0.1) is 0 Å². The molecule has 2 aromatic heterocycles. The van der Waals surface area contributed by atoms with Crippen molar-refractivity contribution in [3.8, 4) is 11.3 Å². The second-order valence-corrected chi connectivity index (χ2v) is 4.77. The van der Waals surface area contributed by atoms with E-state index in [0.29, 0.717) is 6.54 Å². The zero-order chi connectivity index (χ0) is 14.3. The number of hydrogen-bond acceptors (Lipinski definition) is 4. The summed E-state index contributed by atoms with van der Waals surface area (Å²) in [5.41, 5.74) is 4.15. The molecule has 3 aromatic rings. The number of nitrogens with zero attached hydrogens (tertiary/aromatic N) is 3. The van der Waals surface area contributed by atoms with Gasteiger partial charge in [0.2, 0.25) is 0 Å². The molecule has 0 saturated heterocycles. The van der Waals surface area contributed by atoms with E-state index in [0.717, 1.165) is 29.9 Å². The highest BCUT2D eigenvalue weighted by Crippen LogP contribution is 2.18. The fourth-order valence-electron chi connectivity index (χ4n) is 2.19. The van der Waals surface area contributed by atoms with Crippen LogP contribution in [0.5, 0.6) is 0 Å². The van der Waals surface area contributed by atoms with E-state index in [1.54, 1.807) is 6.20 Å². The van der Waals surface area contributed by atoms with Gasteiger partial charge in [0, 0.05) is 24.5 Å². The molecule has 0 saturated carbocycles. The Bertz CT molecular complexity index is 663. The highest BCUT2D eigenvalue weighted by Gasteiger charge is 2.09. The molecule has 3 rings (SSSR count). The van der Waals surface area contributed by atoms with Gasteiger partial charge in [-0.2, -0.15) is 15.4 Å². The van der Waals surface area contributed by atoms with Gasteiger partial charge in [0.25, 0.3) is 0 Å². The summed E-state index contributed by atoms with van der Waals surface area (Å²) in [5, 5.41) is 14.6. The third-order valence-corrected chi connectivity index (χ3v) is 3.27. The molecule has 0 aliphatic rings. The number of aromatic nitrogens is 4. The number of rotatable bonds is 6. The fourth-order valence-corrected chi connectivity index (χ4v) is 2.19. The van der Waals surface area contributed by atoms with Gasteiger partial charge in [-0.1, -0.05) is 36.4 Å². The quantitative estimate of drug-likeness (QED) is 0.679. The average molecular weight is 279 g/mol. The van der Waals surface area contributed by atoms with Crippen LogP contribution < -0.4 is 5.32 Å². The molecule has 1 aromatic carbocycles. The smallest absolute Gasteiger partial charge is 0.117 e. The predicted molar refractivity (Wildman–Crippen MR) is 81.5 cm³/mol. The van der Waals surface area contributed by atoms with Crippen molar-refractivity contribution in [3.63, 3.8) is 0 Å². The SMILES string of the molecule is c1ccc(-c2n[nH]nc2CNCCc2cccnc2)cc1. The van der Waals surface area contributed by atoms with Crippen LogP contribution >= 0.6 is 0 Å². The van der Waals surface area contributed by atoms with Crippen LogP contribution in [-0.4, -0.2) is 26.9 Å². The van der Waals surface area contributed by atoms with Crippen molar-refractivity contribution in [2.24, 2.45) is 0 Å². The Morgan fingerprint density at radius 1 is 1.00 bits per heavy atom. The lowest BCUT2D eigenvalue weighted by atomic mass is 10.1. The van der Waals surface area contributed by atoms with Crippen LogP contribution in [0.3, 0.4) is 0 Å². The molecule has 5 nitrogen and oxygen atoms in total. The molecule has 0 amide bonds. The minimum atomic E-state index is 0.695. The molecule has 2 N–H and O–H groups in total. The highest BCUT2D eigenvalue weighted by molar-refractivity contribution is 5.60. The summed E-state index contributed by atoms with van der Waals surface area (Å²) >= 11 is 0. The van der Waals surface area contributed by atoms with Crippen LogP contribution in [0.15, 0.2) is 54.9 Å². The maximum absolute atomic E-state index is 4.24. The lowest BCUT2D eigenvalue weighted by Crippen LogP contribution is -2.17. The molecule has 0 bridgehead atoms. The van der Waals surface area contributed by atoms with Crippen molar-refractivity contribution in [1.29, 1.82) is 0 Å². The van der Waals surface area contributed by atoms with E-state index in [1.165, 1.54) is 5.56 Å². The largest absolute Gasteiger partial charge is 0.311 e. The first-order chi connectivity index (χ1) is 10.4. The number of nitrogens with one attached hydrogen (secondary N) is 2. The summed E-state index contributed by atoms with van der Waals surface area (Å²) < 4.78 is 0. The van der Waals surface area contributed by atoms with Gasteiger partial charge in [0.05, 0.1) is 0 Å². The Kier molecular flexibility index (Phi) is 4.33. The van der Waals surface area contributed by atoms with Gasteiger partial charge in [-0.15, -0.1) is 0 Å². The van der Waals surface area contributed by atoms with E-state index in [2.05, 4.69) is 31.8 Å². The van der Waals surface area contributed by atoms with E-state index in [-0.39, 0.29) is 0 Å². The van der Waals surface area contributed by atoms with Crippen molar-refractivity contribution in [1.82, 2.24) is 25.7 Å². The number of pyridine rings is 1. The van der Waals surface area contributed by atoms with Gasteiger partial charge >= 0.3 is 0 Å². The summed E-state index contributed by atoms with van der Waals surface area (Å²) in [5.74, 6) is 0. The molecule has 0 atom stereocenters. The van der Waals surface area contributed by atoms with Crippen LogP contribution in [0.2, 0.25) is 0 Å². The van der Waals surface area contributed by atoms with Crippen LogP contribution in [-0.2, 0) is 13.0 Å². The monoisotopic (exact) mass is 279 g/mol. The molecule has 0 radical (unpaired) electrons.